The van der Waals surface area contributed by atoms with Crippen LogP contribution in [-0.2, 0) is 30.4 Å². The van der Waals surface area contributed by atoms with E-state index in [0.29, 0.717) is 5.56 Å². The second-order valence-corrected chi connectivity index (χ2v) is 7.31. The minimum atomic E-state index is -1.47. The molecule has 0 aliphatic heterocycles. The van der Waals surface area contributed by atoms with Gasteiger partial charge in [0, 0.05) is 12.2 Å². The first kappa shape index (κ1) is 27.6. The van der Waals surface area contributed by atoms with Crippen LogP contribution in [0.1, 0.15) is 18.4 Å². The summed E-state index contributed by atoms with van der Waals surface area (Å²) in [6.45, 7) is -0.650. The van der Waals surface area contributed by atoms with Gasteiger partial charge in [0.05, 0.1) is 6.04 Å². The fraction of sp³-hybridized carbons (Fsp3) is 0.421. The molecule has 3 atom stereocenters. The molecule has 33 heavy (non-hydrogen) atoms. The molecule has 0 bridgehead atoms. The van der Waals surface area contributed by atoms with Crippen molar-refractivity contribution in [2.24, 2.45) is 5.73 Å². The highest BCUT2D eigenvalue weighted by Gasteiger charge is 2.26. The molecule has 0 aliphatic carbocycles. The molecular weight excluding hydrogens is 463 g/mol. The Morgan fingerprint density at radius 1 is 1.06 bits per heavy atom. The number of thiol groups is 1. The van der Waals surface area contributed by atoms with Crippen molar-refractivity contribution in [1.82, 2.24) is 16.0 Å². The van der Waals surface area contributed by atoms with Gasteiger partial charge in [-0.2, -0.15) is 12.6 Å². The molecule has 0 saturated heterocycles. The smallest absolute Gasteiger partial charge is 0.326 e. The van der Waals surface area contributed by atoms with E-state index in [1.165, 1.54) is 6.07 Å². The van der Waals surface area contributed by atoms with E-state index in [1.807, 2.05) is 0 Å². The number of aliphatic carboxylic acids is 2. The van der Waals surface area contributed by atoms with E-state index in [-0.39, 0.29) is 25.0 Å². The van der Waals surface area contributed by atoms with Gasteiger partial charge in [-0.25, -0.2) is 9.18 Å². The maximum Gasteiger partial charge on any atom is 0.326 e. The lowest BCUT2D eigenvalue weighted by Gasteiger charge is -2.19. The number of amides is 3. The molecule has 1 rings (SSSR count). The van der Waals surface area contributed by atoms with Crippen LogP contribution in [0.3, 0.4) is 0 Å². The van der Waals surface area contributed by atoms with Gasteiger partial charge in [0.1, 0.15) is 18.6 Å². The Hall–Kier alpha value is -3.39. The van der Waals surface area contributed by atoms with Crippen LogP contribution in [0.4, 0.5) is 4.39 Å². The highest BCUT2D eigenvalue weighted by Crippen LogP contribution is 2.17. The van der Waals surface area contributed by atoms with Gasteiger partial charge in [-0.15, -0.1) is 0 Å². The number of nitrogens with one attached hydrogen (secondary N) is 3. The number of benzene rings is 1. The number of carbonyl (C=O) groups is 5. The molecule has 0 aliphatic rings. The lowest BCUT2D eigenvalue weighted by molar-refractivity contribution is -0.142. The van der Waals surface area contributed by atoms with E-state index in [2.05, 4.69) is 28.6 Å². The molecule has 1 aromatic carbocycles. The molecule has 8 N–H and O–H groups in total. The van der Waals surface area contributed by atoms with Crippen molar-refractivity contribution >= 4 is 42.3 Å². The topological polar surface area (TPSA) is 208 Å². The van der Waals surface area contributed by atoms with Gasteiger partial charge < -0.3 is 37.0 Å². The van der Waals surface area contributed by atoms with E-state index in [4.69, 9.17) is 10.8 Å². The summed E-state index contributed by atoms with van der Waals surface area (Å²) in [5.41, 5.74) is 6.05. The van der Waals surface area contributed by atoms with Gasteiger partial charge in [-0.3, -0.25) is 19.2 Å². The number of phenolic OH excluding ortho intramolecular Hbond substituents is 1. The van der Waals surface area contributed by atoms with Crippen LogP contribution in [0.2, 0.25) is 0 Å². The van der Waals surface area contributed by atoms with Crippen molar-refractivity contribution in [2.45, 2.75) is 37.4 Å². The third-order valence-corrected chi connectivity index (χ3v) is 4.69. The summed E-state index contributed by atoms with van der Waals surface area (Å²) in [4.78, 5) is 58.1. The van der Waals surface area contributed by atoms with Gasteiger partial charge >= 0.3 is 11.9 Å². The van der Waals surface area contributed by atoms with Crippen LogP contribution < -0.4 is 21.7 Å². The van der Waals surface area contributed by atoms with Crippen LogP contribution in [0.25, 0.3) is 0 Å². The lowest BCUT2D eigenvalue weighted by Crippen LogP contribution is -2.51. The van der Waals surface area contributed by atoms with Crippen LogP contribution in [-0.4, -0.2) is 75.4 Å². The standard InChI is InChI=1S/C19H25FN4O8S/c20-10-5-9(1-3-14(10)25)6-11(21)17(29)24-12(19(31)32)2-4-15(26)23-13(8-33)18(30)22-7-16(27)28/h1,3,5,11-13,25,33H,2,4,6-8,21H2,(H,22,30)(H,23,26)(H,24,29)(H,27,28)(H,31,32)/t11-,12-,13-/m0/s1. The Morgan fingerprint density at radius 3 is 2.27 bits per heavy atom. The normalized spacial score (nSPS) is 13.3. The number of carboxylic acid groups (broad SMARTS) is 2. The Kier molecular flexibility index (Phi) is 11.1. The number of rotatable bonds is 13. The van der Waals surface area contributed by atoms with Crippen molar-refractivity contribution in [1.29, 1.82) is 0 Å². The van der Waals surface area contributed by atoms with Crippen LogP contribution in [0.5, 0.6) is 5.75 Å². The van der Waals surface area contributed by atoms with Gasteiger partial charge in [0.25, 0.3) is 0 Å². The number of carbonyl (C=O) groups excluding carboxylic acids is 3. The lowest BCUT2D eigenvalue weighted by atomic mass is 10.0. The molecule has 182 valence electrons. The molecule has 12 nitrogen and oxygen atoms in total. The number of hydrogen-bond donors (Lipinski definition) is 8. The monoisotopic (exact) mass is 488 g/mol. The average molecular weight is 488 g/mol. The highest BCUT2D eigenvalue weighted by atomic mass is 32.1. The maximum absolute atomic E-state index is 13.4. The average Bonchev–Trinajstić information content (AvgIpc) is 2.75. The first-order valence-electron chi connectivity index (χ1n) is 9.60. The zero-order valence-corrected chi connectivity index (χ0v) is 18.2. The second-order valence-electron chi connectivity index (χ2n) is 6.95. The summed E-state index contributed by atoms with van der Waals surface area (Å²) in [5, 5.41) is 33.6. The summed E-state index contributed by atoms with van der Waals surface area (Å²) in [6.07, 6.45) is -0.847. The zero-order chi connectivity index (χ0) is 25.1. The summed E-state index contributed by atoms with van der Waals surface area (Å²) < 4.78 is 13.4. The quantitative estimate of drug-likeness (QED) is 0.150. The number of phenols is 1. The van der Waals surface area contributed by atoms with Gasteiger partial charge in [-0.05, 0) is 30.5 Å². The van der Waals surface area contributed by atoms with Gasteiger partial charge in [0.2, 0.25) is 17.7 Å². The van der Waals surface area contributed by atoms with Gasteiger partial charge in [0.15, 0.2) is 11.6 Å². The van der Waals surface area contributed by atoms with Crippen molar-refractivity contribution in [3.05, 3.63) is 29.6 Å². The molecule has 0 heterocycles. The molecule has 3 amide bonds. The molecular formula is C19H25FN4O8S. The molecule has 0 aromatic heterocycles. The minimum Gasteiger partial charge on any atom is -0.505 e. The number of nitrogens with two attached hydrogens (primary N) is 1. The molecule has 14 heteroatoms. The largest absolute Gasteiger partial charge is 0.505 e. The molecule has 0 saturated carbocycles. The predicted octanol–water partition coefficient (Wildman–Crippen LogP) is -1.63. The van der Waals surface area contributed by atoms with E-state index < -0.39 is 65.9 Å². The van der Waals surface area contributed by atoms with E-state index in [9.17, 15) is 38.6 Å². The molecule has 0 fully saturated rings. The number of hydrogen-bond acceptors (Lipinski definition) is 8. The Labute approximate surface area is 193 Å². The Morgan fingerprint density at radius 2 is 1.73 bits per heavy atom. The summed E-state index contributed by atoms with van der Waals surface area (Å²) >= 11 is 3.91. The van der Waals surface area contributed by atoms with Crippen molar-refractivity contribution in [3.63, 3.8) is 0 Å². The molecule has 0 radical (unpaired) electrons. The summed E-state index contributed by atoms with van der Waals surface area (Å²) in [5.74, 6) is -6.65. The van der Waals surface area contributed by atoms with E-state index in [0.717, 1.165) is 12.1 Å². The Bertz CT molecular complexity index is 901. The second kappa shape index (κ2) is 13.2. The van der Waals surface area contributed by atoms with Crippen molar-refractivity contribution < 1.29 is 43.7 Å². The van der Waals surface area contributed by atoms with E-state index in [1.54, 1.807) is 0 Å². The summed E-state index contributed by atoms with van der Waals surface area (Å²) in [7, 11) is 0. The third kappa shape index (κ3) is 9.74. The first-order valence-corrected chi connectivity index (χ1v) is 10.2. The fourth-order valence-corrected chi connectivity index (χ4v) is 2.84. The van der Waals surface area contributed by atoms with Crippen molar-refractivity contribution in [3.8, 4) is 5.75 Å². The summed E-state index contributed by atoms with van der Waals surface area (Å²) in [6, 6.07) is -0.399. The van der Waals surface area contributed by atoms with E-state index >= 15 is 0 Å². The molecule has 0 unspecified atom stereocenters. The fourth-order valence-electron chi connectivity index (χ4n) is 2.58. The third-order valence-electron chi connectivity index (χ3n) is 4.33. The van der Waals surface area contributed by atoms with Crippen molar-refractivity contribution in [2.75, 3.05) is 12.3 Å². The SMILES string of the molecule is N[C@@H](Cc1ccc(O)c(F)c1)C(=O)N[C@@H](CCC(=O)N[C@@H](CS)C(=O)NCC(=O)O)C(=O)O. The first-order chi connectivity index (χ1) is 15.4. The molecule has 0 spiro atoms. The minimum absolute atomic E-state index is 0.134. The molecule has 1 aromatic rings. The van der Waals surface area contributed by atoms with Crippen LogP contribution in [0.15, 0.2) is 18.2 Å². The zero-order valence-electron chi connectivity index (χ0n) is 17.3. The Balaban J connectivity index is 2.61. The van der Waals surface area contributed by atoms with Crippen LogP contribution in [0, 0.1) is 5.82 Å². The number of aromatic hydroxyl groups is 1. The maximum atomic E-state index is 13.4. The number of halogens is 1. The van der Waals surface area contributed by atoms with Crippen LogP contribution >= 0.6 is 12.6 Å². The van der Waals surface area contributed by atoms with Gasteiger partial charge in [-0.1, -0.05) is 6.07 Å². The number of carboxylic acids is 2. The predicted molar refractivity (Wildman–Crippen MR) is 115 cm³/mol. The highest BCUT2D eigenvalue weighted by molar-refractivity contribution is 7.80.